The van der Waals surface area contributed by atoms with Gasteiger partial charge in [-0.15, -0.1) is 0 Å². The van der Waals surface area contributed by atoms with E-state index in [1.165, 1.54) is 5.32 Å². The van der Waals surface area contributed by atoms with E-state index in [0.29, 0.717) is 0 Å². The van der Waals surface area contributed by atoms with Gasteiger partial charge in [0.05, 0.1) is 6.04 Å². The van der Waals surface area contributed by atoms with Crippen LogP contribution < -0.4 is 10.6 Å². The summed E-state index contributed by atoms with van der Waals surface area (Å²) in [6.07, 6.45) is -5.94. The van der Waals surface area contributed by atoms with Crippen LogP contribution in [0.1, 0.15) is 12.8 Å². The maximum absolute atomic E-state index is 13.3. The van der Waals surface area contributed by atoms with Gasteiger partial charge >= 0.3 is 12.1 Å². The van der Waals surface area contributed by atoms with Gasteiger partial charge in [-0.05, 0) is 13.0 Å². The minimum atomic E-state index is -5.13. The number of rotatable bonds is 1. The first-order chi connectivity index (χ1) is 7.23. The van der Waals surface area contributed by atoms with Crippen LogP contribution in [-0.2, 0) is 4.79 Å². The van der Waals surface area contributed by atoms with Crippen LogP contribution in [0, 0.1) is 0 Å². The molecule has 1 saturated heterocycles. The van der Waals surface area contributed by atoms with Crippen molar-refractivity contribution in [1.29, 1.82) is 0 Å². The predicted octanol–water partition coefficient (Wildman–Crippen LogP) is 1.05. The van der Waals surface area contributed by atoms with Crippen LogP contribution in [0.2, 0.25) is 0 Å². The lowest BCUT2D eigenvalue weighted by Gasteiger charge is -2.25. The van der Waals surface area contributed by atoms with E-state index in [9.17, 15) is 26.7 Å². The summed E-state index contributed by atoms with van der Waals surface area (Å²) in [6.45, 7) is 0.170. The molecule has 94 valence electrons. The van der Waals surface area contributed by atoms with Gasteiger partial charge in [0.15, 0.2) is 0 Å². The summed E-state index contributed by atoms with van der Waals surface area (Å²) in [5.74, 6) is -5.64. The molecule has 1 aliphatic rings. The SMILES string of the molecule is O=C(N[C@@H]1CCNCCC1(F)F)C(F)(F)F. The molecular formula is C8H11F5N2O. The highest BCUT2D eigenvalue weighted by Gasteiger charge is 2.46. The molecule has 0 aromatic carbocycles. The largest absolute Gasteiger partial charge is 0.471 e. The van der Waals surface area contributed by atoms with Crippen LogP contribution in [-0.4, -0.2) is 37.1 Å². The predicted molar refractivity (Wildman–Crippen MR) is 45.0 cm³/mol. The van der Waals surface area contributed by atoms with Crippen molar-refractivity contribution in [2.75, 3.05) is 13.1 Å². The Labute approximate surface area is 88.4 Å². The monoisotopic (exact) mass is 246 g/mol. The van der Waals surface area contributed by atoms with Crippen LogP contribution in [0.3, 0.4) is 0 Å². The fraction of sp³-hybridized carbons (Fsp3) is 0.875. The van der Waals surface area contributed by atoms with Crippen LogP contribution in [0.25, 0.3) is 0 Å². The van der Waals surface area contributed by atoms with Crippen LogP contribution in [0.15, 0.2) is 0 Å². The zero-order chi connectivity index (χ0) is 12.4. The maximum atomic E-state index is 13.3. The Kier molecular flexibility index (Phi) is 3.72. The molecule has 1 rings (SSSR count). The van der Waals surface area contributed by atoms with Crippen molar-refractivity contribution in [3.05, 3.63) is 0 Å². The van der Waals surface area contributed by atoms with Gasteiger partial charge in [-0.1, -0.05) is 0 Å². The maximum Gasteiger partial charge on any atom is 0.471 e. The van der Waals surface area contributed by atoms with Crippen molar-refractivity contribution in [2.45, 2.75) is 31.0 Å². The summed E-state index contributed by atoms with van der Waals surface area (Å²) in [4.78, 5) is 10.5. The van der Waals surface area contributed by atoms with E-state index in [1.807, 2.05) is 0 Å². The van der Waals surface area contributed by atoms with E-state index in [0.717, 1.165) is 0 Å². The fourth-order valence-corrected chi connectivity index (χ4v) is 1.43. The molecule has 3 nitrogen and oxygen atoms in total. The number of nitrogens with one attached hydrogen (secondary N) is 2. The third kappa shape index (κ3) is 3.29. The Bertz CT molecular complexity index is 266. The minimum Gasteiger partial charge on any atom is -0.339 e. The van der Waals surface area contributed by atoms with Gasteiger partial charge in [0, 0.05) is 13.0 Å². The number of hydrogen-bond acceptors (Lipinski definition) is 2. The van der Waals surface area contributed by atoms with Gasteiger partial charge in [0.2, 0.25) is 0 Å². The first-order valence-corrected chi connectivity index (χ1v) is 4.70. The third-order valence-electron chi connectivity index (χ3n) is 2.32. The summed E-state index contributed by atoms with van der Waals surface area (Å²) >= 11 is 0. The van der Waals surface area contributed by atoms with Crippen molar-refractivity contribution < 1.29 is 26.7 Å². The quantitative estimate of drug-likeness (QED) is 0.679. The van der Waals surface area contributed by atoms with Gasteiger partial charge < -0.3 is 10.6 Å². The first kappa shape index (κ1) is 13.1. The summed E-state index contributed by atoms with van der Waals surface area (Å²) in [5.41, 5.74) is 0. The highest BCUT2D eigenvalue weighted by molar-refractivity contribution is 5.82. The molecule has 0 unspecified atom stereocenters. The van der Waals surface area contributed by atoms with Crippen molar-refractivity contribution in [1.82, 2.24) is 10.6 Å². The summed E-state index contributed by atoms with van der Waals surface area (Å²) in [6, 6.07) is -1.77. The van der Waals surface area contributed by atoms with Gasteiger partial charge in [0.1, 0.15) is 0 Å². The standard InChI is InChI=1S/C8H11F5N2O/c9-7(10)2-4-14-3-1-5(7)15-6(16)8(11,12)13/h5,14H,1-4H2,(H,15,16)/t5-/m1/s1. The van der Waals surface area contributed by atoms with Crippen LogP contribution in [0.5, 0.6) is 0 Å². The van der Waals surface area contributed by atoms with Crippen molar-refractivity contribution in [3.8, 4) is 0 Å². The molecule has 1 aliphatic heterocycles. The second kappa shape index (κ2) is 4.52. The van der Waals surface area contributed by atoms with E-state index in [4.69, 9.17) is 0 Å². The number of carbonyl (C=O) groups excluding carboxylic acids is 1. The molecule has 0 spiro atoms. The molecule has 0 radical (unpaired) electrons. The fourth-order valence-electron chi connectivity index (χ4n) is 1.43. The summed E-state index contributed by atoms with van der Waals surface area (Å²) in [7, 11) is 0. The Morgan fingerprint density at radius 1 is 1.31 bits per heavy atom. The lowest BCUT2D eigenvalue weighted by molar-refractivity contribution is -0.177. The molecular weight excluding hydrogens is 235 g/mol. The lowest BCUT2D eigenvalue weighted by Crippen LogP contribution is -2.51. The van der Waals surface area contributed by atoms with Crippen molar-refractivity contribution >= 4 is 5.91 Å². The van der Waals surface area contributed by atoms with Crippen LogP contribution in [0.4, 0.5) is 22.0 Å². The Morgan fingerprint density at radius 3 is 2.50 bits per heavy atom. The first-order valence-electron chi connectivity index (χ1n) is 4.70. The highest BCUT2D eigenvalue weighted by atomic mass is 19.4. The van der Waals surface area contributed by atoms with Gasteiger partial charge in [-0.25, -0.2) is 8.78 Å². The number of hydrogen-bond donors (Lipinski definition) is 2. The Morgan fingerprint density at radius 2 is 1.94 bits per heavy atom. The molecule has 0 bridgehead atoms. The molecule has 8 heteroatoms. The average molecular weight is 246 g/mol. The molecule has 1 fully saturated rings. The minimum absolute atomic E-state index is 0.0192. The summed E-state index contributed by atoms with van der Waals surface area (Å²) < 4.78 is 62.2. The van der Waals surface area contributed by atoms with E-state index >= 15 is 0 Å². The van der Waals surface area contributed by atoms with E-state index < -0.39 is 30.5 Å². The zero-order valence-electron chi connectivity index (χ0n) is 8.20. The summed E-state index contributed by atoms with van der Waals surface area (Å²) in [5, 5.41) is 3.97. The lowest BCUT2D eigenvalue weighted by atomic mass is 10.1. The molecule has 0 aliphatic carbocycles. The highest BCUT2D eigenvalue weighted by Crippen LogP contribution is 2.27. The van der Waals surface area contributed by atoms with Crippen LogP contribution >= 0.6 is 0 Å². The van der Waals surface area contributed by atoms with E-state index in [2.05, 4.69) is 5.32 Å². The number of halogens is 5. The number of amides is 1. The van der Waals surface area contributed by atoms with Crippen molar-refractivity contribution in [3.63, 3.8) is 0 Å². The van der Waals surface area contributed by atoms with E-state index in [1.54, 1.807) is 0 Å². The van der Waals surface area contributed by atoms with Gasteiger partial charge in [0.25, 0.3) is 5.92 Å². The Hall–Kier alpha value is -0.920. The van der Waals surface area contributed by atoms with Crippen molar-refractivity contribution in [2.24, 2.45) is 0 Å². The second-order valence-electron chi connectivity index (χ2n) is 3.57. The molecule has 0 aromatic heterocycles. The second-order valence-corrected chi connectivity index (χ2v) is 3.57. The smallest absolute Gasteiger partial charge is 0.339 e. The van der Waals surface area contributed by atoms with E-state index in [-0.39, 0.29) is 19.5 Å². The van der Waals surface area contributed by atoms with Gasteiger partial charge in [-0.2, -0.15) is 13.2 Å². The number of alkyl halides is 5. The third-order valence-corrected chi connectivity index (χ3v) is 2.32. The zero-order valence-corrected chi connectivity index (χ0v) is 8.20. The molecule has 1 atom stereocenters. The Balaban J connectivity index is 2.67. The molecule has 16 heavy (non-hydrogen) atoms. The normalized spacial score (nSPS) is 25.9. The topological polar surface area (TPSA) is 41.1 Å². The molecule has 2 N–H and O–H groups in total. The number of carbonyl (C=O) groups is 1. The molecule has 1 heterocycles. The van der Waals surface area contributed by atoms with Gasteiger partial charge in [-0.3, -0.25) is 4.79 Å². The molecule has 0 saturated carbocycles. The molecule has 1 amide bonds. The average Bonchev–Trinajstić information content (AvgIpc) is 2.27. The molecule has 0 aromatic rings.